The average molecular weight is 304 g/mol. The van der Waals surface area contributed by atoms with Gasteiger partial charge in [-0.2, -0.15) is 0 Å². The number of carbonyl (C=O) groups is 1. The molecule has 1 aromatic carbocycles. The van der Waals surface area contributed by atoms with Gasteiger partial charge in [0.25, 0.3) is 5.91 Å². The molecule has 6 heteroatoms. The van der Waals surface area contributed by atoms with Gasteiger partial charge in [-0.1, -0.05) is 6.92 Å². The van der Waals surface area contributed by atoms with Gasteiger partial charge >= 0.3 is 0 Å². The van der Waals surface area contributed by atoms with Crippen LogP contribution in [0.3, 0.4) is 0 Å². The number of hydrogen-bond acceptors (Lipinski definition) is 5. The van der Waals surface area contributed by atoms with Gasteiger partial charge in [0.2, 0.25) is 0 Å². The van der Waals surface area contributed by atoms with Crippen molar-refractivity contribution in [2.24, 2.45) is 0 Å². The highest BCUT2D eigenvalue weighted by molar-refractivity contribution is 7.09. The highest BCUT2D eigenvalue weighted by atomic mass is 32.1. The number of nitrogens with two attached hydrogens (primary N) is 1. The minimum absolute atomic E-state index is 0.0694. The lowest BCUT2D eigenvalue weighted by Gasteiger charge is -2.19. The highest BCUT2D eigenvalue weighted by Crippen LogP contribution is 2.27. The molecule has 21 heavy (non-hydrogen) atoms. The maximum atomic E-state index is 12.1. The maximum absolute atomic E-state index is 12.1. The molecule has 1 amide bonds. The van der Waals surface area contributed by atoms with Crippen molar-refractivity contribution >= 4 is 28.6 Å². The summed E-state index contributed by atoms with van der Waals surface area (Å²) in [5.74, 6) is -0.103. The summed E-state index contributed by atoms with van der Waals surface area (Å²) in [6.07, 6.45) is 2.66. The molecular formula is C15H20N4OS. The fraction of sp³-hybridized carbons (Fsp3) is 0.333. The van der Waals surface area contributed by atoms with Crippen LogP contribution in [0.15, 0.2) is 29.8 Å². The highest BCUT2D eigenvalue weighted by Gasteiger charge is 2.16. The number of nitrogens with one attached hydrogen (secondary N) is 2. The average Bonchev–Trinajstić information content (AvgIpc) is 2.99. The van der Waals surface area contributed by atoms with E-state index < -0.39 is 0 Å². The molecule has 0 aliphatic rings. The van der Waals surface area contributed by atoms with Crippen LogP contribution in [0, 0.1) is 0 Å². The zero-order valence-electron chi connectivity index (χ0n) is 12.2. The third-order valence-corrected chi connectivity index (χ3v) is 4.00. The number of benzene rings is 1. The number of anilines is 2. The number of aromatic nitrogens is 1. The maximum Gasteiger partial charge on any atom is 0.253 e. The van der Waals surface area contributed by atoms with Gasteiger partial charge in [0.15, 0.2) is 0 Å². The Labute approximate surface area is 128 Å². The Balaban J connectivity index is 2.29. The van der Waals surface area contributed by atoms with Crippen LogP contribution >= 0.6 is 11.3 Å². The van der Waals surface area contributed by atoms with E-state index in [1.165, 1.54) is 0 Å². The first-order valence-electron chi connectivity index (χ1n) is 6.99. The second-order valence-corrected chi connectivity index (χ2v) is 5.57. The molecule has 1 heterocycles. The van der Waals surface area contributed by atoms with Crippen molar-refractivity contribution < 1.29 is 4.79 Å². The number of nitrogen functional groups attached to an aromatic ring is 1. The summed E-state index contributed by atoms with van der Waals surface area (Å²) < 4.78 is 0. The zero-order valence-corrected chi connectivity index (χ0v) is 13.0. The van der Waals surface area contributed by atoms with Gasteiger partial charge in [0, 0.05) is 29.5 Å². The minimum atomic E-state index is -0.103. The summed E-state index contributed by atoms with van der Waals surface area (Å²) in [5, 5.41) is 9.15. The van der Waals surface area contributed by atoms with Gasteiger partial charge in [0.1, 0.15) is 5.01 Å². The van der Waals surface area contributed by atoms with E-state index in [4.69, 9.17) is 5.73 Å². The fourth-order valence-corrected chi connectivity index (χ4v) is 2.84. The van der Waals surface area contributed by atoms with E-state index in [1.807, 2.05) is 12.3 Å². The quantitative estimate of drug-likeness (QED) is 0.717. The summed E-state index contributed by atoms with van der Waals surface area (Å²) in [6.45, 7) is 4.57. The summed E-state index contributed by atoms with van der Waals surface area (Å²) in [7, 11) is 0. The fourth-order valence-electron chi connectivity index (χ4n) is 2.07. The van der Waals surface area contributed by atoms with Crippen molar-refractivity contribution in [1.29, 1.82) is 0 Å². The summed E-state index contributed by atoms with van der Waals surface area (Å²) in [4.78, 5) is 16.5. The lowest BCUT2D eigenvalue weighted by Crippen LogP contribution is -2.24. The number of nitrogens with zero attached hydrogens (tertiary/aromatic N) is 1. The van der Waals surface area contributed by atoms with Crippen molar-refractivity contribution in [2.75, 3.05) is 17.6 Å². The molecule has 0 spiro atoms. The number of hydrogen-bond donors (Lipinski definition) is 3. The molecule has 1 unspecified atom stereocenters. The molecule has 0 fully saturated rings. The molecule has 2 aromatic rings. The number of amides is 1. The first-order valence-corrected chi connectivity index (χ1v) is 7.87. The monoisotopic (exact) mass is 304 g/mol. The lowest BCUT2D eigenvalue weighted by molar-refractivity contribution is 0.0956. The molecule has 0 saturated carbocycles. The van der Waals surface area contributed by atoms with Gasteiger partial charge in [-0.3, -0.25) is 4.79 Å². The van der Waals surface area contributed by atoms with Crippen molar-refractivity contribution in [3.05, 3.63) is 40.3 Å². The van der Waals surface area contributed by atoms with E-state index in [-0.39, 0.29) is 11.9 Å². The van der Waals surface area contributed by atoms with Crippen LogP contribution in [0.5, 0.6) is 0 Å². The van der Waals surface area contributed by atoms with Gasteiger partial charge < -0.3 is 16.4 Å². The first kappa shape index (κ1) is 15.3. The van der Waals surface area contributed by atoms with E-state index in [0.717, 1.165) is 17.1 Å². The zero-order chi connectivity index (χ0) is 15.2. The van der Waals surface area contributed by atoms with E-state index in [9.17, 15) is 4.79 Å². The smallest absolute Gasteiger partial charge is 0.253 e. The van der Waals surface area contributed by atoms with E-state index >= 15 is 0 Å². The minimum Gasteiger partial charge on any atom is -0.399 e. The molecule has 0 radical (unpaired) electrons. The molecule has 0 aliphatic heterocycles. The Hall–Kier alpha value is -2.08. The molecular weight excluding hydrogens is 284 g/mol. The Morgan fingerprint density at radius 2 is 2.24 bits per heavy atom. The molecule has 5 nitrogen and oxygen atoms in total. The van der Waals surface area contributed by atoms with Crippen molar-refractivity contribution in [2.45, 2.75) is 26.3 Å². The third kappa shape index (κ3) is 3.72. The predicted octanol–water partition coefficient (Wildman–Crippen LogP) is 3.04. The van der Waals surface area contributed by atoms with Gasteiger partial charge in [-0.05, 0) is 31.5 Å². The normalized spacial score (nSPS) is 11.9. The Morgan fingerprint density at radius 1 is 1.43 bits per heavy atom. The van der Waals surface area contributed by atoms with Crippen LogP contribution in [-0.4, -0.2) is 17.4 Å². The molecule has 2 rings (SSSR count). The summed E-state index contributed by atoms with van der Waals surface area (Å²) in [5.41, 5.74) is 7.81. The number of carbonyl (C=O) groups excluding carboxylic acids is 1. The van der Waals surface area contributed by atoms with Crippen LogP contribution in [0.25, 0.3) is 0 Å². The van der Waals surface area contributed by atoms with E-state index in [1.54, 1.807) is 35.7 Å². The Morgan fingerprint density at radius 3 is 2.86 bits per heavy atom. The van der Waals surface area contributed by atoms with Crippen LogP contribution in [0.4, 0.5) is 11.4 Å². The van der Waals surface area contributed by atoms with Gasteiger partial charge in [0.05, 0.1) is 11.6 Å². The molecule has 4 N–H and O–H groups in total. The molecule has 0 aliphatic carbocycles. The van der Waals surface area contributed by atoms with Crippen molar-refractivity contribution in [3.8, 4) is 0 Å². The van der Waals surface area contributed by atoms with Crippen molar-refractivity contribution in [3.63, 3.8) is 0 Å². The van der Waals surface area contributed by atoms with Crippen LogP contribution in [0.2, 0.25) is 0 Å². The second kappa shape index (κ2) is 7.08. The van der Waals surface area contributed by atoms with E-state index in [2.05, 4.69) is 22.5 Å². The second-order valence-electron chi connectivity index (χ2n) is 4.64. The summed E-state index contributed by atoms with van der Waals surface area (Å²) in [6, 6.07) is 5.35. The third-order valence-electron chi connectivity index (χ3n) is 3.11. The van der Waals surface area contributed by atoms with Crippen LogP contribution in [0.1, 0.15) is 41.7 Å². The lowest BCUT2D eigenvalue weighted by atomic mass is 10.1. The number of thiazole rings is 1. The Bertz CT molecular complexity index is 598. The summed E-state index contributed by atoms with van der Waals surface area (Å²) >= 11 is 1.60. The molecule has 1 aromatic heterocycles. The van der Waals surface area contributed by atoms with Crippen molar-refractivity contribution in [1.82, 2.24) is 10.3 Å². The molecule has 0 saturated heterocycles. The van der Waals surface area contributed by atoms with Gasteiger partial charge in [-0.25, -0.2) is 4.98 Å². The Kier molecular flexibility index (Phi) is 5.16. The number of rotatable bonds is 6. The molecule has 112 valence electrons. The van der Waals surface area contributed by atoms with Crippen LogP contribution < -0.4 is 16.4 Å². The van der Waals surface area contributed by atoms with E-state index in [0.29, 0.717) is 17.8 Å². The van der Waals surface area contributed by atoms with Gasteiger partial charge in [-0.15, -0.1) is 11.3 Å². The topological polar surface area (TPSA) is 80.0 Å². The first-order chi connectivity index (χ1) is 10.2. The van der Waals surface area contributed by atoms with Crippen LogP contribution in [-0.2, 0) is 0 Å². The standard InChI is InChI=1S/C15H20N4OS/c1-3-12(15-18-7-8-21-15)19-13-9-10(16)5-6-11(13)14(20)17-4-2/h5-9,12,19H,3-4,16H2,1-2H3,(H,17,20). The largest absolute Gasteiger partial charge is 0.399 e. The predicted molar refractivity (Wildman–Crippen MR) is 87.6 cm³/mol. The SMILES string of the molecule is CCNC(=O)c1ccc(N)cc1NC(CC)c1nccs1. The molecule has 0 bridgehead atoms. The molecule has 1 atom stereocenters.